The first kappa shape index (κ1) is 12.8. The van der Waals surface area contributed by atoms with Gasteiger partial charge in [0.25, 0.3) is 0 Å². The zero-order valence-corrected chi connectivity index (χ0v) is 10.6. The third-order valence-electron chi connectivity index (χ3n) is 2.09. The van der Waals surface area contributed by atoms with Gasteiger partial charge in [-0.15, -0.1) is 0 Å². The van der Waals surface area contributed by atoms with Crippen LogP contribution in [0.3, 0.4) is 0 Å². The smallest absolute Gasteiger partial charge is 0.222 e. The fourth-order valence-corrected chi connectivity index (χ4v) is 3.38. The van der Waals surface area contributed by atoms with Crippen molar-refractivity contribution in [1.29, 1.82) is 0 Å². The number of carbonyl (C=O) groups is 1. The van der Waals surface area contributed by atoms with Crippen molar-refractivity contribution in [2.75, 3.05) is 6.66 Å². The second-order valence-electron chi connectivity index (χ2n) is 3.37. The molecule has 1 aromatic carbocycles. The van der Waals surface area contributed by atoms with Crippen LogP contribution in [0.4, 0.5) is 0 Å². The molecule has 0 saturated heterocycles. The fourth-order valence-electron chi connectivity index (χ4n) is 1.37. The number of benzene rings is 1. The average molecular weight is 265 g/mol. The molecule has 0 bridgehead atoms. The molecule has 5 heteroatoms. The van der Waals surface area contributed by atoms with E-state index in [-0.39, 0.29) is 6.42 Å². The molecule has 82 valence electrons. The molecule has 0 saturated carbocycles. The highest BCUT2D eigenvalue weighted by Crippen LogP contribution is 2.62. The number of halogens is 2. The minimum atomic E-state index is -2.88. The average Bonchev–Trinajstić information content (AvgIpc) is 2.14. The fraction of sp³-hybridized carbons (Fsp3) is 0.300. The van der Waals surface area contributed by atoms with Crippen LogP contribution in [-0.4, -0.2) is 11.9 Å². The quantitative estimate of drug-likeness (QED) is 0.608. The highest BCUT2D eigenvalue weighted by atomic mass is 35.7. The van der Waals surface area contributed by atoms with E-state index < -0.39 is 17.4 Å². The van der Waals surface area contributed by atoms with Crippen LogP contribution >= 0.6 is 29.3 Å². The van der Waals surface area contributed by atoms with Gasteiger partial charge in [0, 0.05) is 13.1 Å². The molecular formula is C10H11Cl2O2P. The van der Waals surface area contributed by atoms with Crippen molar-refractivity contribution in [3.8, 4) is 0 Å². The van der Waals surface area contributed by atoms with Crippen LogP contribution in [0.2, 0.25) is 0 Å². The topological polar surface area (TPSA) is 34.1 Å². The van der Waals surface area contributed by atoms with Gasteiger partial charge in [-0.25, -0.2) is 0 Å². The van der Waals surface area contributed by atoms with Gasteiger partial charge in [0.15, 0.2) is 6.49 Å². The van der Waals surface area contributed by atoms with E-state index in [1.165, 1.54) is 6.66 Å². The SMILES string of the molecule is CP(=O)(Cl)C(CC(=O)Cl)c1ccccc1. The lowest BCUT2D eigenvalue weighted by molar-refractivity contribution is -0.111. The van der Waals surface area contributed by atoms with Crippen molar-refractivity contribution < 1.29 is 9.36 Å². The summed E-state index contributed by atoms with van der Waals surface area (Å²) in [7, 11) is 0. The van der Waals surface area contributed by atoms with E-state index in [0.717, 1.165) is 5.56 Å². The van der Waals surface area contributed by atoms with E-state index in [1.807, 2.05) is 18.2 Å². The van der Waals surface area contributed by atoms with Gasteiger partial charge in [0.05, 0.1) is 5.66 Å². The molecule has 2 nitrogen and oxygen atoms in total. The Morgan fingerprint density at radius 1 is 1.40 bits per heavy atom. The van der Waals surface area contributed by atoms with Crippen molar-refractivity contribution in [2.45, 2.75) is 12.1 Å². The second kappa shape index (κ2) is 5.16. The maximum absolute atomic E-state index is 11.8. The molecular weight excluding hydrogens is 254 g/mol. The van der Waals surface area contributed by atoms with Gasteiger partial charge >= 0.3 is 0 Å². The number of hydrogen-bond acceptors (Lipinski definition) is 2. The zero-order chi connectivity index (χ0) is 11.5. The summed E-state index contributed by atoms with van der Waals surface area (Å²) in [4.78, 5) is 10.9. The monoisotopic (exact) mass is 264 g/mol. The largest absolute Gasteiger partial charge is 0.306 e. The molecule has 0 aromatic heterocycles. The van der Waals surface area contributed by atoms with Gasteiger partial charge in [-0.1, -0.05) is 41.6 Å². The van der Waals surface area contributed by atoms with Crippen molar-refractivity contribution >= 4 is 34.6 Å². The summed E-state index contributed by atoms with van der Waals surface area (Å²) in [6, 6.07) is 9.06. The third kappa shape index (κ3) is 3.98. The lowest BCUT2D eigenvalue weighted by Crippen LogP contribution is -2.01. The molecule has 0 radical (unpaired) electrons. The number of rotatable bonds is 4. The molecule has 0 N–H and O–H groups in total. The molecule has 1 rings (SSSR count). The third-order valence-corrected chi connectivity index (χ3v) is 4.55. The molecule has 0 aliphatic rings. The van der Waals surface area contributed by atoms with E-state index >= 15 is 0 Å². The minimum absolute atomic E-state index is 0.00282. The van der Waals surface area contributed by atoms with E-state index in [2.05, 4.69) is 0 Å². The van der Waals surface area contributed by atoms with Crippen molar-refractivity contribution in [2.24, 2.45) is 0 Å². The van der Waals surface area contributed by atoms with Crippen LogP contribution in [-0.2, 0) is 9.36 Å². The van der Waals surface area contributed by atoms with Crippen LogP contribution in [0.1, 0.15) is 17.6 Å². The summed E-state index contributed by atoms with van der Waals surface area (Å²) in [5.74, 6) is 0. The van der Waals surface area contributed by atoms with Gasteiger partial charge in [-0.05, 0) is 17.2 Å². The second-order valence-corrected chi connectivity index (χ2v) is 8.19. The summed E-state index contributed by atoms with van der Waals surface area (Å²) in [5, 5.41) is -0.522. The van der Waals surface area contributed by atoms with Crippen molar-refractivity contribution in [1.82, 2.24) is 0 Å². The molecule has 2 atom stereocenters. The molecule has 2 unspecified atom stereocenters. The van der Waals surface area contributed by atoms with E-state index in [4.69, 9.17) is 22.8 Å². The van der Waals surface area contributed by atoms with E-state index in [1.54, 1.807) is 12.1 Å². The Morgan fingerprint density at radius 2 is 1.93 bits per heavy atom. The van der Waals surface area contributed by atoms with Gasteiger partial charge < -0.3 is 4.57 Å². The Bertz CT molecular complexity index is 386. The molecule has 15 heavy (non-hydrogen) atoms. The van der Waals surface area contributed by atoms with Crippen LogP contribution in [0.15, 0.2) is 30.3 Å². The molecule has 0 heterocycles. The van der Waals surface area contributed by atoms with Gasteiger partial charge in [-0.3, -0.25) is 4.79 Å². The summed E-state index contributed by atoms with van der Waals surface area (Å²) < 4.78 is 11.8. The molecule has 0 spiro atoms. The van der Waals surface area contributed by atoms with Crippen molar-refractivity contribution in [3.63, 3.8) is 0 Å². The highest BCUT2D eigenvalue weighted by Gasteiger charge is 2.28. The predicted molar refractivity (Wildman–Crippen MR) is 64.0 cm³/mol. The summed E-state index contributed by atoms with van der Waals surface area (Å²) in [6.45, 7) is -1.43. The number of hydrogen-bond donors (Lipinski definition) is 0. The van der Waals surface area contributed by atoms with Gasteiger partial charge in [-0.2, -0.15) is 0 Å². The summed E-state index contributed by atoms with van der Waals surface area (Å²) in [5.41, 5.74) is 0.290. The van der Waals surface area contributed by atoms with Crippen molar-refractivity contribution in [3.05, 3.63) is 35.9 Å². The predicted octanol–water partition coefficient (Wildman–Crippen LogP) is 4.03. The lowest BCUT2D eigenvalue weighted by Gasteiger charge is -2.17. The summed E-state index contributed by atoms with van der Waals surface area (Å²) in [6.07, 6.45) is 0.00282. The molecule has 0 aliphatic heterocycles. The molecule has 0 amide bonds. The first-order valence-electron chi connectivity index (χ1n) is 4.41. The van der Waals surface area contributed by atoms with Crippen LogP contribution < -0.4 is 0 Å². The highest BCUT2D eigenvalue weighted by molar-refractivity contribution is 7.88. The first-order chi connectivity index (χ1) is 6.91. The normalized spacial score (nSPS) is 16.7. The molecule has 1 aromatic rings. The van der Waals surface area contributed by atoms with Gasteiger partial charge in [0.2, 0.25) is 5.24 Å². The van der Waals surface area contributed by atoms with Crippen LogP contribution in [0.25, 0.3) is 0 Å². The minimum Gasteiger partial charge on any atom is -0.306 e. The van der Waals surface area contributed by atoms with Crippen LogP contribution in [0.5, 0.6) is 0 Å². The van der Waals surface area contributed by atoms with E-state index in [0.29, 0.717) is 0 Å². The van der Waals surface area contributed by atoms with Gasteiger partial charge in [0.1, 0.15) is 0 Å². The maximum Gasteiger partial charge on any atom is 0.222 e. The first-order valence-corrected chi connectivity index (χ1v) is 7.92. The zero-order valence-electron chi connectivity index (χ0n) is 8.19. The Hall–Kier alpha value is -0.300. The Labute approximate surface area is 98.7 Å². The summed E-state index contributed by atoms with van der Waals surface area (Å²) >= 11 is 11.1. The van der Waals surface area contributed by atoms with E-state index in [9.17, 15) is 9.36 Å². The standard InChI is InChI=1S/C10H11Cl2O2P/c1-15(12,14)9(7-10(11)13)8-5-3-2-4-6-8/h2-6,9H,7H2,1H3. The molecule has 0 fully saturated rings. The Kier molecular flexibility index (Phi) is 4.39. The van der Waals surface area contributed by atoms with Crippen LogP contribution in [0, 0.1) is 0 Å². The Morgan fingerprint density at radius 3 is 2.33 bits per heavy atom. The maximum atomic E-state index is 11.8. The number of carbonyl (C=O) groups excluding carboxylic acids is 1. The lowest BCUT2D eigenvalue weighted by atomic mass is 10.1. The Balaban J connectivity index is 3.02. The molecule has 0 aliphatic carbocycles.